The van der Waals surface area contributed by atoms with E-state index in [2.05, 4.69) is 78.6 Å². The largest absolute Gasteiger partial charge is 0.313 e. The first-order chi connectivity index (χ1) is 15.1. The lowest BCUT2D eigenvalue weighted by atomic mass is 9.96. The zero-order chi connectivity index (χ0) is 21.9. The van der Waals surface area contributed by atoms with Gasteiger partial charge in [-0.05, 0) is 52.6 Å². The lowest BCUT2D eigenvalue weighted by Gasteiger charge is -2.12. The summed E-state index contributed by atoms with van der Waals surface area (Å²) in [6.07, 6.45) is 11.4. The molecule has 3 aromatic carbocycles. The molecule has 0 saturated heterocycles. The molecule has 0 aliphatic heterocycles. The molecule has 2 heteroatoms. The maximum absolute atomic E-state index is 7.19. The average Bonchev–Trinajstić information content (AvgIpc) is 2.79. The van der Waals surface area contributed by atoms with Crippen molar-refractivity contribution < 1.29 is 0 Å². The highest BCUT2D eigenvalue weighted by Gasteiger charge is 2.21. The fraction of sp³-hybridized carbons (Fsp3) is 0.483. The molecule has 0 aliphatic carbocycles. The molecule has 0 radical (unpaired) electrons. The first-order valence-electron chi connectivity index (χ1n) is 12.1. The predicted molar refractivity (Wildman–Crippen MR) is 135 cm³/mol. The smallest absolute Gasteiger partial charge is 0.227 e. The van der Waals surface area contributed by atoms with Crippen LogP contribution in [0.15, 0.2) is 54.6 Å². The van der Waals surface area contributed by atoms with Crippen molar-refractivity contribution in [1.29, 1.82) is 0 Å². The molecule has 0 amide bonds. The van der Waals surface area contributed by atoms with Crippen molar-refractivity contribution >= 4 is 21.5 Å². The Balaban J connectivity index is 1.33. The fourth-order valence-corrected chi connectivity index (χ4v) is 4.44. The third-order valence-corrected chi connectivity index (χ3v) is 6.38. The van der Waals surface area contributed by atoms with Gasteiger partial charge in [0.05, 0.1) is 0 Å². The van der Waals surface area contributed by atoms with Crippen molar-refractivity contribution in [3.05, 3.63) is 71.6 Å². The highest BCUT2D eigenvalue weighted by atomic mass is 14.8. The van der Waals surface area contributed by atoms with Crippen molar-refractivity contribution in [2.75, 3.05) is 6.54 Å². The Labute approximate surface area is 188 Å². The van der Waals surface area contributed by atoms with Gasteiger partial charge in [-0.1, -0.05) is 87.1 Å². The molecule has 0 fully saturated rings. The Morgan fingerprint density at radius 2 is 1.26 bits per heavy atom. The number of nitrogens with zero attached hydrogens (tertiary/aromatic N) is 1. The van der Waals surface area contributed by atoms with Crippen molar-refractivity contribution in [2.45, 2.75) is 83.7 Å². The standard InChI is InChI=1S/C29H38N2/c1-29(2,30-3)20-14-8-6-4-5-7-9-15-21-31-23-28-26-18-12-10-16-24(26)22-25-17-11-13-19-27(25)28/h10-13,16-19,22,31H,4-9,14-15,20-21,23H2,1-2H3. The van der Waals surface area contributed by atoms with Crippen LogP contribution in [0.2, 0.25) is 0 Å². The Morgan fingerprint density at radius 1 is 0.742 bits per heavy atom. The van der Waals surface area contributed by atoms with Crippen molar-refractivity contribution in [1.82, 2.24) is 5.32 Å². The third-order valence-electron chi connectivity index (χ3n) is 6.38. The highest BCUT2D eigenvalue weighted by molar-refractivity contribution is 6.02. The molecule has 2 nitrogen and oxygen atoms in total. The molecule has 0 saturated carbocycles. The molecule has 3 rings (SSSR count). The lowest BCUT2D eigenvalue weighted by molar-refractivity contribution is 0.492. The molecule has 0 aromatic heterocycles. The monoisotopic (exact) mass is 414 g/mol. The molecule has 164 valence electrons. The van der Waals surface area contributed by atoms with Gasteiger partial charge in [-0.2, -0.15) is 0 Å². The Morgan fingerprint density at radius 3 is 1.84 bits per heavy atom. The minimum atomic E-state index is -0.161. The van der Waals surface area contributed by atoms with Crippen LogP contribution in [-0.4, -0.2) is 12.1 Å². The van der Waals surface area contributed by atoms with Gasteiger partial charge in [-0.3, -0.25) is 0 Å². The quantitative estimate of drug-likeness (QED) is 0.169. The number of unbranched alkanes of at least 4 members (excludes halogenated alkanes) is 7. The van der Waals surface area contributed by atoms with Gasteiger partial charge >= 0.3 is 0 Å². The summed E-state index contributed by atoms with van der Waals surface area (Å²) < 4.78 is 0. The van der Waals surface area contributed by atoms with Gasteiger partial charge in [0, 0.05) is 26.8 Å². The van der Waals surface area contributed by atoms with Gasteiger partial charge in [-0.25, -0.2) is 6.57 Å². The normalized spacial score (nSPS) is 11.8. The molecular formula is C29H38N2. The summed E-state index contributed by atoms with van der Waals surface area (Å²) in [7, 11) is 0. The topological polar surface area (TPSA) is 16.4 Å². The van der Waals surface area contributed by atoms with Crippen molar-refractivity contribution in [3.8, 4) is 0 Å². The van der Waals surface area contributed by atoms with E-state index in [9.17, 15) is 0 Å². The molecule has 0 heterocycles. The Kier molecular flexibility index (Phi) is 8.92. The first-order valence-corrected chi connectivity index (χ1v) is 12.1. The van der Waals surface area contributed by atoms with Crippen LogP contribution in [0.4, 0.5) is 0 Å². The highest BCUT2D eigenvalue weighted by Crippen LogP contribution is 2.28. The number of hydrogen-bond donors (Lipinski definition) is 1. The van der Waals surface area contributed by atoms with Crippen LogP contribution < -0.4 is 5.32 Å². The van der Waals surface area contributed by atoms with Crippen LogP contribution >= 0.6 is 0 Å². The van der Waals surface area contributed by atoms with Gasteiger partial charge in [0.25, 0.3) is 0 Å². The van der Waals surface area contributed by atoms with Crippen molar-refractivity contribution in [2.24, 2.45) is 0 Å². The van der Waals surface area contributed by atoms with E-state index in [-0.39, 0.29) is 5.54 Å². The summed E-state index contributed by atoms with van der Waals surface area (Å²) in [6.45, 7) is 13.3. The number of nitrogens with one attached hydrogen (secondary N) is 1. The molecule has 0 atom stereocenters. The summed E-state index contributed by atoms with van der Waals surface area (Å²) >= 11 is 0. The minimum Gasteiger partial charge on any atom is -0.313 e. The second-order valence-corrected chi connectivity index (χ2v) is 9.48. The fourth-order valence-electron chi connectivity index (χ4n) is 4.44. The number of benzene rings is 3. The molecule has 0 unspecified atom stereocenters. The second kappa shape index (κ2) is 11.9. The van der Waals surface area contributed by atoms with Crippen LogP contribution in [0.5, 0.6) is 0 Å². The molecule has 31 heavy (non-hydrogen) atoms. The molecule has 0 aliphatic rings. The average molecular weight is 415 g/mol. The van der Waals surface area contributed by atoms with Gasteiger partial charge in [0.2, 0.25) is 5.54 Å². The van der Waals surface area contributed by atoms with Crippen LogP contribution in [-0.2, 0) is 6.54 Å². The van der Waals surface area contributed by atoms with Crippen LogP contribution in [0.1, 0.15) is 77.2 Å². The zero-order valence-corrected chi connectivity index (χ0v) is 19.4. The molecular weight excluding hydrogens is 376 g/mol. The summed E-state index contributed by atoms with van der Waals surface area (Å²) in [5.74, 6) is 0. The van der Waals surface area contributed by atoms with E-state index >= 15 is 0 Å². The number of fused-ring (bicyclic) bond motifs is 2. The van der Waals surface area contributed by atoms with E-state index in [1.807, 2.05) is 0 Å². The summed E-state index contributed by atoms with van der Waals surface area (Å²) in [6, 6.07) is 19.8. The van der Waals surface area contributed by atoms with E-state index < -0.39 is 0 Å². The van der Waals surface area contributed by atoms with Gasteiger partial charge in [0.15, 0.2) is 0 Å². The molecule has 3 aromatic rings. The lowest BCUT2D eigenvalue weighted by Crippen LogP contribution is -2.15. The Hall–Kier alpha value is -2.37. The van der Waals surface area contributed by atoms with E-state index in [0.29, 0.717) is 0 Å². The SMILES string of the molecule is [C-]#[N+]C(C)(C)CCCCCCCCCCNCc1c2ccccc2cc2ccccc12. The van der Waals surface area contributed by atoms with E-state index in [0.717, 1.165) is 19.5 Å². The summed E-state index contributed by atoms with van der Waals surface area (Å²) in [5, 5.41) is 9.10. The van der Waals surface area contributed by atoms with Gasteiger partial charge < -0.3 is 10.2 Å². The maximum Gasteiger partial charge on any atom is 0.227 e. The molecule has 0 bridgehead atoms. The maximum atomic E-state index is 7.19. The summed E-state index contributed by atoms with van der Waals surface area (Å²) in [4.78, 5) is 3.70. The van der Waals surface area contributed by atoms with E-state index in [4.69, 9.17) is 6.57 Å². The van der Waals surface area contributed by atoms with Crippen LogP contribution in [0.25, 0.3) is 26.4 Å². The van der Waals surface area contributed by atoms with E-state index in [1.54, 1.807) is 0 Å². The predicted octanol–water partition coefficient (Wildman–Crippen LogP) is 8.29. The summed E-state index contributed by atoms with van der Waals surface area (Å²) in [5.41, 5.74) is 1.26. The van der Waals surface area contributed by atoms with Gasteiger partial charge in [-0.15, -0.1) is 0 Å². The van der Waals surface area contributed by atoms with Gasteiger partial charge in [0.1, 0.15) is 0 Å². The third kappa shape index (κ3) is 7.08. The minimum absolute atomic E-state index is 0.161. The number of rotatable bonds is 13. The first kappa shape index (κ1) is 23.3. The molecule has 1 N–H and O–H groups in total. The van der Waals surface area contributed by atoms with Crippen molar-refractivity contribution in [3.63, 3.8) is 0 Å². The Bertz CT molecular complexity index is 942. The van der Waals surface area contributed by atoms with Crippen LogP contribution in [0, 0.1) is 6.57 Å². The number of hydrogen-bond acceptors (Lipinski definition) is 1. The molecule has 0 spiro atoms. The van der Waals surface area contributed by atoms with E-state index in [1.165, 1.54) is 78.5 Å². The second-order valence-electron chi connectivity index (χ2n) is 9.48. The zero-order valence-electron chi connectivity index (χ0n) is 19.4. The van der Waals surface area contributed by atoms with Crippen LogP contribution in [0.3, 0.4) is 0 Å².